The van der Waals surface area contributed by atoms with Crippen molar-refractivity contribution in [2.75, 3.05) is 39.4 Å². The van der Waals surface area contributed by atoms with E-state index < -0.39 is 0 Å². The summed E-state index contributed by atoms with van der Waals surface area (Å²) >= 11 is 0. The van der Waals surface area contributed by atoms with E-state index in [1.807, 2.05) is 0 Å². The van der Waals surface area contributed by atoms with Crippen LogP contribution in [-0.2, 0) is 9.39 Å². The predicted molar refractivity (Wildman–Crippen MR) is 52.1 cm³/mol. The lowest BCUT2D eigenvalue weighted by molar-refractivity contribution is 0.0377. The van der Waals surface area contributed by atoms with Crippen LogP contribution in [0, 0.1) is 0 Å². The van der Waals surface area contributed by atoms with Crippen molar-refractivity contribution in [3.8, 4) is 0 Å². The summed E-state index contributed by atoms with van der Waals surface area (Å²) in [6.07, 6.45) is 2.32. The van der Waals surface area contributed by atoms with Gasteiger partial charge in [-0.3, -0.25) is 9.89 Å². The molecule has 1 heterocycles. The molecule has 1 saturated heterocycles. The van der Waals surface area contributed by atoms with Gasteiger partial charge in [0, 0.05) is 26.2 Å². The van der Waals surface area contributed by atoms with Crippen molar-refractivity contribution < 1.29 is 9.39 Å². The van der Waals surface area contributed by atoms with Crippen LogP contribution in [0.25, 0.3) is 0 Å². The highest BCUT2D eigenvalue weighted by atomic mass is 16.5. The molecular weight excluding hydrogens is 167 g/mol. The third-order valence-corrected chi connectivity index (χ3v) is 2.00. The van der Waals surface area contributed by atoms with Gasteiger partial charge in [-0.25, -0.2) is 0 Å². The number of hydrogen-bond donors (Lipinski definition) is 0. The molecule has 5 heteroatoms. The van der Waals surface area contributed by atoms with Crippen molar-refractivity contribution in [1.29, 1.82) is 0 Å². The summed E-state index contributed by atoms with van der Waals surface area (Å²) in [5, 5.41) is 0. The lowest BCUT2D eigenvalue weighted by Gasteiger charge is -2.26. The Kier molecular flexibility index (Phi) is 5.60. The van der Waals surface area contributed by atoms with E-state index in [0.29, 0.717) is 0 Å². The Morgan fingerprint density at radius 3 is 2.92 bits per heavy atom. The lowest BCUT2D eigenvalue weighted by Crippen LogP contribution is -2.37. The standard InChI is InChI=1S/C8H15BN2O2/c9-13-8-10-2-1-3-11-4-6-12-7-5-11/h8H,1-7H2. The monoisotopic (exact) mass is 182 g/mol. The van der Waals surface area contributed by atoms with Crippen molar-refractivity contribution >= 4 is 14.4 Å². The fourth-order valence-corrected chi connectivity index (χ4v) is 1.31. The van der Waals surface area contributed by atoms with E-state index in [4.69, 9.17) is 12.8 Å². The quantitative estimate of drug-likeness (QED) is 0.256. The van der Waals surface area contributed by atoms with Crippen molar-refractivity contribution in [1.82, 2.24) is 4.90 Å². The Hall–Kier alpha value is -0.545. The van der Waals surface area contributed by atoms with Crippen molar-refractivity contribution in [2.45, 2.75) is 6.42 Å². The second-order valence-corrected chi connectivity index (χ2v) is 2.96. The number of hydrogen-bond acceptors (Lipinski definition) is 4. The second kappa shape index (κ2) is 6.92. The highest BCUT2D eigenvalue weighted by Gasteiger charge is 2.08. The highest BCUT2D eigenvalue weighted by molar-refractivity contribution is 6.02. The van der Waals surface area contributed by atoms with Crippen molar-refractivity contribution in [2.24, 2.45) is 4.99 Å². The molecule has 1 rings (SSSR count). The molecule has 1 fully saturated rings. The zero-order valence-electron chi connectivity index (χ0n) is 7.82. The zero-order chi connectivity index (χ0) is 9.36. The Morgan fingerprint density at radius 2 is 2.23 bits per heavy atom. The summed E-state index contributed by atoms with van der Waals surface area (Å²) < 4.78 is 9.45. The molecule has 0 bridgehead atoms. The maximum Gasteiger partial charge on any atom is 0.375 e. The van der Waals surface area contributed by atoms with Gasteiger partial charge in [0.05, 0.1) is 13.2 Å². The number of morpholine rings is 1. The minimum absolute atomic E-state index is 0.772. The fraction of sp³-hybridized carbons (Fsp3) is 0.875. The van der Waals surface area contributed by atoms with Gasteiger partial charge in [-0.2, -0.15) is 0 Å². The van der Waals surface area contributed by atoms with Crippen LogP contribution in [0.5, 0.6) is 0 Å². The molecule has 0 unspecified atom stereocenters. The Labute approximate surface area is 80.4 Å². The largest absolute Gasteiger partial charge is 0.560 e. The second-order valence-electron chi connectivity index (χ2n) is 2.96. The zero-order valence-corrected chi connectivity index (χ0v) is 7.82. The van der Waals surface area contributed by atoms with E-state index in [1.54, 1.807) is 0 Å². The molecular formula is C8H15BN2O2. The maximum absolute atomic E-state index is 5.24. The fourth-order valence-electron chi connectivity index (χ4n) is 1.31. The highest BCUT2D eigenvalue weighted by Crippen LogP contribution is 1.97. The summed E-state index contributed by atoms with van der Waals surface area (Å²) in [5.41, 5.74) is 0. The summed E-state index contributed by atoms with van der Waals surface area (Å²) in [4.78, 5) is 6.32. The van der Waals surface area contributed by atoms with E-state index in [0.717, 1.165) is 45.8 Å². The molecule has 0 aromatic heterocycles. The maximum atomic E-state index is 5.24. The van der Waals surface area contributed by atoms with Crippen LogP contribution in [0.15, 0.2) is 4.99 Å². The van der Waals surface area contributed by atoms with Crippen molar-refractivity contribution in [3.05, 3.63) is 0 Å². The minimum atomic E-state index is 0.772. The molecule has 2 radical (unpaired) electrons. The number of nitrogens with zero attached hydrogens (tertiary/aromatic N) is 2. The van der Waals surface area contributed by atoms with Crippen LogP contribution in [0.4, 0.5) is 0 Å². The molecule has 0 aromatic rings. The summed E-state index contributed by atoms with van der Waals surface area (Å²) in [6.45, 7) is 5.64. The third kappa shape index (κ3) is 4.90. The van der Waals surface area contributed by atoms with E-state index in [-0.39, 0.29) is 0 Å². The molecule has 0 spiro atoms. The van der Waals surface area contributed by atoms with Gasteiger partial charge in [0.2, 0.25) is 0 Å². The first-order valence-electron chi connectivity index (χ1n) is 4.57. The first-order chi connectivity index (χ1) is 6.43. The summed E-state index contributed by atoms with van der Waals surface area (Å²) in [6, 6.07) is 0. The number of rotatable bonds is 5. The Morgan fingerprint density at radius 1 is 1.46 bits per heavy atom. The first kappa shape index (κ1) is 10.5. The van der Waals surface area contributed by atoms with E-state index >= 15 is 0 Å². The Bertz CT molecular complexity index is 149. The average molecular weight is 182 g/mol. The molecule has 0 amide bonds. The van der Waals surface area contributed by atoms with Gasteiger partial charge < -0.3 is 9.39 Å². The Balaban J connectivity index is 1.95. The number of ether oxygens (including phenoxy) is 1. The molecule has 4 nitrogen and oxygen atoms in total. The lowest BCUT2D eigenvalue weighted by atomic mass is 10.3. The van der Waals surface area contributed by atoms with Gasteiger partial charge in [0.15, 0.2) is 0 Å². The van der Waals surface area contributed by atoms with E-state index in [9.17, 15) is 0 Å². The van der Waals surface area contributed by atoms with Gasteiger partial charge in [-0.1, -0.05) is 0 Å². The van der Waals surface area contributed by atoms with Crippen LogP contribution < -0.4 is 0 Å². The molecule has 0 N–H and O–H groups in total. The van der Waals surface area contributed by atoms with E-state index in [2.05, 4.69) is 14.5 Å². The van der Waals surface area contributed by atoms with Gasteiger partial charge in [0.25, 0.3) is 0 Å². The first-order valence-corrected chi connectivity index (χ1v) is 4.57. The molecule has 1 aliphatic rings. The van der Waals surface area contributed by atoms with Crippen LogP contribution in [-0.4, -0.2) is 58.7 Å². The van der Waals surface area contributed by atoms with Crippen LogP contribution in [0.2, 0.25) is 0 Å². The van der Waals surface area contributed by atoms with Gasteiger partial charge in [0.1, 0.15) is 6.40 Å². The van der Waals surface area contributed by atoms with Gasteiger partial charge in [-0.05, 0) is 6.42 Å². The molecule has 0 aromatic carbocycles. The average Bonchev–Trinajstić information content (AvgIpc) is 2.19. The number of aliphatic imine (C=N–C) groups is 1. The topological polar surface area (TPSA) is 34.1 Å². The third-order valence-electron chi connectivity index (χ3n) is 2.00. The van der Waals surface area contributed by atoms with Crippen LogP contribution in [0.1, 0.15) is 6.42 Å². The van der Waals surface area contributed by atoms with Crippen LogP contribution >= 0.6 is 0 Å². The van der Waals surface area contributed by atoms with Crippen molar-refractivity contribution in [3.63, 3.8) is 0 Å². The molecule has 0 aliphatic carbocycles. The van der Waals surface area contributed by atoms with Crippen LogP contribution in [0.3, 0.4) is 0 Å². The summed E-state index contributed by atoms with van der Waals surface area (Å²) in [7, 11) is 4.78. The SMILES string of the molecule is [B]OC=NCCCN1CCOCC1. The molecule has 0 atom stereocenters. The van der Waals surface area contributed by atoms with Gasteiger partial charge in [-0.15, -0.1) is 0 Å². The smallest absolute Gasteiger partial charge is 0.375 e. The molecule has 13 heavy (non-hydrogen) atoms. The summed E-state index contributed by atoms with van der Waals surface area (Å²) in [5.74, 6) is 0. The molecule has 72 valence electrons. The molecule has 1 aliphatic heterocycles. The normalized spacial score (nSPS) is 19.4. The molecule has 0 saturated carbocycles. The predicted octanol–water partition coefficient (Wildman–Crippen LogP) is -0.163. The van der Waals surface area contributed by atoms with Gasteiger partial charge >= 0.3 is 8.05 Å². The van der Waals surface area contributed by atoms with E-state index in [1.165, 1.54) is 6.40 Å². The minimum Gasteiger partial charge on any atom is -0.560 e.